The summed E-state index contributed by atoms with van der Waals surface area (Å²) >= 11 is 0. The Kier molecular flexibility index (Phi) is 6.70. The van der Waals surface area contributed by atoms with Gasteiger partial charge < -0.3 is 0 Å². The molecule has 1 aliphatic rings. The van der Waals surface area contributed by atoms with Gasteiger partial charge in [-0.15, -0.1) is 0 Å². The quantitative estimate of drug-likeness (QED) is 0.644. The van der Waals surface area contributed by atoms with Gasteiger partial charge in [0, 0.05) is 30.7 Å². The normalized spacial score (nSPS) is 15.9. The second-order valence-corrected chi connectivity index (χ2v) is 4.26. The van der Waals surface area contributed by atoms with Gasteiger partial charge in [0.15, 0.2) is 0 Å². The average molecular weight is 243 g/mol. The highest BCUT2D eigenvalue weighted by Gasteiger charge is 1.95. The van der Waals surface area contributed by atoms with E-state index in [-0.39, 0.29) is 0 Å². The van der Waals surface area contributed by atoms with E-state index in [0.29, 0.717) is 18.6 Å². The highest BCUT2D eigenvalue weighted by molar-refractivity contribution is 5.97. The Morgan fingerprint density at radius 2 is 2.28 bits per heavy atom. The SMILES string of the molecule is CCC(=O)CCC=CC=CC1=NC(C)=CC=CC1. The number of hydrogen-bond acceptors (Lipinski definition) is 2. The molecule has 18 heavy (non-hydrogen) atoms. The lowest BCUT2D eigenvalue weighted by Crippen LogP contribution is -1.92. The Morgan fingerprint density at radius 1 is 1.44 bits per heavy atom. The summed E-state index contributed by atoms with van der Waals surface area (Å²) in [5.41, 5.74) is 2.09. The molecule has 0 radical (unpaired) electrons. The predicted molar refractivity (Wildman–Crippen MR) is 77.8 cm³/mol. The molecule has 2 heteroatoms. The molecule has 0 N–H and O–H groups in total. The second-order valence-electron chi connectivity index (χ2n) is 4.26. The van der Waals surface area contributed by atoms with Gasteiger partial charge in [-0.1, -0.05) is 37.3 Å². The average Bonchev–Trinajstić information content (AvgIpc) is 2.57. The van der Waals surface area contributed by atoms with Gasteiger partial charge >= 0.3 is 0 Å². The van der Waals surface area contributed by atoms with Crippen LogP contribution in [-0.4, -0.2) is 11.5 Å². The zero-order valence-electron chi connectivity index (χ0n) is 11.2. The van der Waals surface area contributed by atoms with E-state index in [1.54, 1.807) is 0 Å². The van der Waals surface area contributed by atoms with E-state index in [4.69, 9.17) is 0 Å². The number of Topliss-reactive ketones (excluding diaryl/α,β-unsaturated/α-hetero) is 1. The summed E-state index contributed by atoms with van der Waals surface area (Å²) in [6, 6.07) is 0. The lowest BCUT2D eigenvalue weighted by molar-refractivity contribution is -0.118. The van der Waals surface area contributed by atoms with Crippen LogP contribution in [0.2, 0.25) is 0 Å². The van der Waals surface area contributed by atoms with Crippen LogP contribution >= 0.6 is 0 Å². The fourth-order valence-electron chi connectivity index (χ4n) is 1.57. The van der Waals surface area contributed by atoms with E-state index in [9.17, 15) is 4.79 Å². The van der Waals surface area contributed by atoms with Gasteiger partial charge in [0.05, 0.1) is 0 Å². The van der Waals surface area contributed by atoms with Crippen LogP contribution in [0.4, 0.5) is 0 Å². The van der Waals surface area contributed by atoms with Crippen molar-refractivity contribution in [2.24, 2.45) is 4.99 Å². The van der Waals surface area contributed by atoms with Crippen molar-refractivity contribution in [2.45, 2.75) is 39.5 Å². The van der Waals surface area contributed by atoms with Crippen molar-refractivity contribution in [1.82, 2.24) is 0 Å². The molecular weight excluding hydrogens is 222 g/mol. The Bertz CT molecular complexity index is 422. The molecule has 0 saturated heterocycles. The first kappa shape index (κ1) is 14.4. The summed E-state index contributed by atoms with van der Waals surface area (Å²) < 4.78 is 0. The summed E-state index contributed by atoms with van der Waals surface area (Å²) in [4.78, 5) is 15.6. The van der Waals surface area contributed by atoms with Crippen LogP contribution < -0.4 is 0 Å². The fraction of sp³-hybridized carbons (Fsp3) is 0.375. The van der Waals surface area contributed by atoms with E-state index < -0.39 is 0 Å². The zero-order valence-corrected chi connectivity index (χ0v) is 11.2. The molecule has 0 saturated carbocycles. The maximum Gasteiger partial charge on any atom is 0.132 e. The van der Waals surface area contributed by atoms with Crippen LogP contribution in [0.5, 0.6) is 0 Å². The fourth-order valence-corrected chi connectivity index (χ4v) is 1.57. The van der Waals surface area contributed by atoms with Crippen LogP contribution in [0, 0.1) is 0 Å². The van der Waals surface area contributed by atoms with E-state index >= 15 is 0 Å². The number of nitrogens with zero attached hydrogens (tertiary/aromatic N) is 1. The Labute approximate surface area is 110 Å². The van der Waals surface area contributed by atoms with Crippen LogP contribution in [0.3, 0.4) is 0 Å². The number of carbonyl (C=O) groups excluding carboxylic acids is 1. The lowest BCUT2D eigenvalue weighted by Gasteiger charge is -1.94. The molecule has 0 aromatic heterocycles. The number of hydrogen-bond donors (Lipinski definition) is 0. The highest BCUT2D eigenvalue weighted by Crippen LogP contribution is 2.05. The summed E-state index contributed by atoms with van der Waals surface area (Å²) in [6.07, 6.45) is 17.1. The first-order chi connectivity index (χ1) is 8.72. The number of carbonyl (C=O) groups is 1. The molecule has 2 nitrogen and oxygen atoms in total. The van der Waals surface area contributed by atoms with Gasteiger partial charge in [-0.05, 0) is 25.5 Å². The Hall–Kier alpha value is -1.70. The minimum absolute atomic E-state index is 0.322. The Balaban J connectivity index is 2.36. The summed E-state index contributed by atoms with van der Waals surface area (Å²) in [7, 11) is 0. The predicted octanol–water partition coefficient (Wildman–Crippen LogP) is 4.16. The topological polar surface area (TPSA) is 29.4 Å². The van der Waals surface area contributed by atoms with Crippen LogP contribution in [0.1, 0.15) is 39.5 Å². The third kappa shape index (κ3) is 6.14. The van der Waals surface area contributed by atoms with Gasteiger partial charge in [-0.25, -0.2) is 0 Å². The maximum atomic E-state index is 11.1. The Morgan fingerprint density at radius 3 is 3.06 bits per heavy atom. The largest absolute Gasteiger partial charge is 0.300 e. The summed E-state index contributed by atoms with van der Waals surface area (Å²) in [5, 5.41) is 0. The van der Waals surface area contributed by atoms with E-state index in [1.807, 2.05) is 50.3 Å². The van der Waals surface area contributed by atoms with E-state index in [2.05, 4.69) is 11.1 Å². The van der Waals surface area contributed by atoms with Gasteiger partial charge in [-0.3, -0.25) is 9.79 Å². The molecule has 0 spiro atoms. The number of rotatable bonds is 6. The number of allylic oxidation sites excluding steroid dienone is 8. The van der Waals surface area contributed by atoms with Crippen molar-refractivity contribution in [3.8, 4) is 0 Å². The third-order valence-electron chi connectivity index (χ3n) is 2.64. The molecule has 0 aliphatic carbocycles. The van der Waals surface area contributed by atoms with Crippen molar-refractivity contribution in [3.05, 3.63) is 48.2 Å². The monoisotopic (exact) mass is 243 g/mol. The smallest absolute Gasteiger partial charge is 0.132 e. The van der Waals surface area contributed by atoms with Crippen molar-refractivity contribution >= 4 is 11.5 Å². The van der Waals surface area contributed by atoms with Crippen molar-refractivity contribution in [1.29, 1.82) is 0 Å². The number of ketones is 1. The molecule has 0 amide bonds. The van der Waals surface area contributed by atoms with Crippen molar-refractivity contribution in [3.63, 3.8) is 0 Å². The van der Waals surface area contributed by atoms with Gasteiger partial charge in [0.25, 0.3) is 0 Å². The molecule has 0 unspecified atom stereocenters. The third-order valence-corrected chi connectivity index (χ3v) is 2.64. The van der Waals surface area contributed by atoms with Gasteiger partial charge in [0.1, 0.15) is 5.78 Å². The van der Waals surface area contributed by atoms with E-state index in [0.717, 1.165) is 24.3 Å². The maximum absolute atomic E-state index is 11.1. The molecule has 1 aliphatic heterocycles. The minimum atomic E-state index is 0.322. The van der Waals surface area contributed by atoms with Crippen LogP contribution in [0.15, 0.2) is 53.2 Å². The summed E-state index contributed by atoms with van der Waals surface area (Å²) in [5.74, 6) is 0.322. The van der Waals surface area contributed by atoms with E-state index in [1.165, 1.54) is 0 Å². The molecule has 0 atom stereocenters. The summed E-state index contributed by atoms with van der Waals surface area (Å²) in [6.45, 7) is 3.90. The minimum Gasteiger partial charge on any atom is -0.300 e. The molecule has 96 valence electrons. The molecular formula is C16H21NO. The first-order valence-electron chi connectivity index (χ1n) is 6.48. The van der Waals surface area contributed by atoms with Gasteiger partial charge in [0.2, 0.25) is 0 Å². The van der Waals surface area contributed by atoms with Crippen LogP contribution in [-0.2, 0) is 4.79 Å². The van der Waals surface area contributed by atoms with Crippen molar-refractivity contribution < 1.29 is 4.79 Å². The zero-order chi connectivity index (χ0) is 13.2. The molecule has 0 aromatic rings. The highest BCUT2D eigenvalue weighted by atomic mass is 16.1. The first-order valence-corrected chi connectivity index (χ1v) is 6.48. The second kappa shape index (κ2) is 8.40. The van der Waals surface area contributed by atoms with Crippen LogP contribution in [0.25, 0.3) is 0 Å². The lowest BCUT2D eigenvalue weighted by atomic mass is 10.1. The van der Waals surface area contributed by atoms with Gasteiger partial charge in [-0.2, -0.15) is 0 Å². The molecule has 0 bridgehead atoms. The molecule has 0 fully saturated rings. The van der Waals surface area contributed by atoms with Crippen molar-refractivity contribution in [2.75, 3.05) is 0 Å². The molecule has 1 rings (SSSR count). The molecule has 1 heterocycles. The number of aliphatic imine (C=N–C) groups is 1. The molecule has 0 aromatic carbocycles. The standard InChI is InChI=1S/C16H21NO/c1-3-16(18)13-7-5-4-6-11-15-12-9-8-10-14(2)17-15/h4-6,8-11H,3,7,12-13H2,1-2H3.